The minimum Gasteiger partial charge on any atom is -0.267 e. The molecule has 0 saturated heterocycles. The Morgan fingerprint density at radius 3 is 2.43 bits per heavy atom. The molecular weight excluding hydrogens is 106 g/mol. The molecule has 1 nitrogen and oxygen atoms in total. The third kappa shape index (κ3) is 4.16. The molecule has 0 amide bonds. The quantitative estimate of drug-likeness (QED) is 0.567. The van der Waals surface area contributed by atoms with Crippen LogP contribution >= 0.6 is 11.9 Å². The van der Waals surface area contributed by atoms with Crippen molar-refractivity contribution in [3.05, 3.63) is 0 Å². The first kappa shape index (κ1) is 7.31. The predicted octanol–water partition coefficient (Wildman–Crippen LogP) is 1.65. The van der Waals surface area contributed by atoms with Crippen LogP contribution in [-0.2, 0) is 0 Å². The van der Waals surface area contributed by atoms with Gasteiger partial charge in [-0.3, -0.25) is 4.72 Å². The molecule has 0 unspecified atom stereocenters. The van der Waals surface area contributed by atoms with Gasteiger partial charge >= 0.3 is 0 Å². The van der Waals surface area contributed by atoms with Gasteiger partial charge in [0.25, 0.3) is 0 Å². The van der Waals surface area contributed by atoms with E-state index < -0.39 is 0 Å². The van der Waals surface area contributed by atoms with Crippen molar-refractivity contribution in [2.45, 2.75) is 25.5 Å². The van der Waals surface area contributed by atoms with Crippen molar-refractivity contribution < 1.29 is 0 Å². The summed E-state index contributed by atoms with van der Waals surface area (Å²) < 4.78 is 3.04. The van der Waals surface area contributed by atoms with E-state index in [0.29, 0.717) is 0 Å². The van der Waals surface area contributed by atoms with E-state index >= 15 is 0 Å². The van der Waals surface area contributed by atoms with Gasteiger partial charge in [0.05, 0.1) is 0 Å². The van der Waals surface area contributed by atoms with Gasteiger partial charge in [-0.2, -0.15) is 0 Å². The Balaban J connectivity index is 2.83. The Labute approximate surface area is 50.0 Å². The molecule has 0 rings (SSSR count). The van der Waals surface area contributed by atoms with Crippen LogP contribution < -0.4 is 4.72 Å². The standard InChI is InChI=1S/C5H13NS/c1-4-5(2)7-6-3/h5-6H,4H2,1-3H3/t5-/m0/s1. The number of nitrogens with one attached hydrogen (secondary N) is 1. The van der Waals surface area contributed by atoms with Crippen molar-refractivity contribution >= 4 is 11.9 Å². The zero-order chi connectivity index (χ0) is 5.70. The second-order valence-corrected chi connectivity index (χ2v) is 2.99. The molecule has 0 aromatic carbocycles. The third-order valence-electron chi connectivity index (χ3n) is 0.894. The van der Waals surface area contributed by atoms with Crippen LogP contribution in [0.2, 0.25) is 0 Å². The second-order valence-electron chi connectivity index (χ2n) is 1.54. The van der Waals surface area contributed by atoms with E-state index in [0.717, 1.165) is 5.25 Å². The molecular formula is C5H13NS. The first-order valence-corrected chi connectivity index (χ1v) is 3.51. The van der Waals surface area contributed by atoms with Gasteiger partial charge in [0.2, 0.25) is 0 Å². The lowest BCUT2D eigenvalue weighted by molar-refractivity contribution is 0.900. The van der Waals surface area contributed by atoms with Gasteiger partial charge in [-0.25, -0.2) is 0 Å². The van der Waals surface area contributed by atoms with Crippen LogP contribution in [0.4, 0.5) is 0 Å². The van der Waals surface area contributed by atoms with Crippen LogP contribution in [0.15, 0.2) is 0 Å². The summed E-state index contributed by atoms with van der Waals surface area (Å²) in [5.41, 5.74) is 0. The van der Waals surface area contributed by atoms with Gasteiger partial charge in [-0.1, -0.05) is 25.8 Å². The number of hydrogen-bond donors (Lipinski definition) is 1. The summed E-state index contributed by atoms with van der Waals surface area (Å²) in [4.78, 5) is 0. The van der Waals surface area contributed by atoms with Crippen molar-refractivity contribution in [1.29, 1.82) is 0 Å². The smallest absolute Gasteiger partial charge is 0.0161 e. The molecule has 7 heavy (non-hydrogen) atoms. The molecule has 0 radical (unpaired) electrons. The van der Waals surface area contributed by atoms with Gasteiger partial charge in [0.1, 0.15) is 0 Å². The predicted molar refractivity (Wildman–Crippen MR) is 36.4 cm³/mol. The van der Waals surface area contributed by atoms with Crippen LogP contribution in [0.25, 0.3) is 0 Å². The van der Waals surface area contributed by atoms with Gasteiger partial charge in [0, 0.05) is 5.25 Å². The number of hydrogen-bond acceptors (Lipinski definition) is 2. The lowest BCUT2D eigenvalue weighted by atomic mass is 10.4. The monoisotopic (exact) mass is 119 g/mol. The molecule has 1 N–H and O–H groups in total. The molecule has 44 valence electrons. The molecule has 0 aliphatic heterocycles. The van der Waals surface area contributed by atoms with E-state index in [2.05, 4.69) is 18.6 Å². The fourth-order valence-corrected chi connectivity index (χ4v) is 0.854. The number of rotatable bonds is 3. The molecule has 1 atom stereocenters. The first-order valence-electron chi connectivity index (χ1n) is 2.63. The summed E-state index contributed by atoms with van der Waals surface area (Å²) >= 11 is 1.78. The van der Waals surface area contributed by atoms with Crippen LogP contribution in [0.5, 0.6) is 0 Å². The van der Waals surface area contributed by atoms with Crippen LogP contribution in [0.1, 0.15) is 20.3 Å². The molecule has 0 aliphatic rings. The molecule has 0 heterocycles. The van der Waals surface area contributed by atoms with E-state index in [1.54, 1.807) is 11.9 Å². The van der Waals surface area contributed by atoms with Crippen molar-refractivity contribution in [3.63, 3.8) is 0 Å². The van der Waals surface area contributed by atoms with Gasteiger partial charge in [0.15, 0.2) is 0 Å². The topological polar surface area (TPSA) is 12.0 Å². The van der Waals surface area contributed by atoms with Crippen molar-refractivity contribution in [2.24, 2.45) is 0 Å². The minimum absolute atomic E-state index is 0.755. The fourth-order valence-electron chi connectivity index (χ4n) is 0.285. The summed E-state index contributed by atoms with van der Waals surface area (Å²) in [6.45, 7) is 4.40. The molecule has 0 fully saturated rings. The highest BCUT2D eigenvalue weighted by Crippen LogP contribution is 2.06. The molecule has 0 aliphatic carbocycles. The Kier molecular flexibility index (Phi) is 4.67. The SMILES string of the molecule is CC[C@H](C)SNC. The van der Waals surface area contributed by atoms with E-state index in [1.165, 1.54) is 6.42 Å². The molecule has 0 spiro atoms. The van der Waals surface area contributed by atoms with E-state index in [4.69, 9.17) is 0 Å². The third-order valence-corrected chi connectivity index (χ3v) is 1.87. The fraction of sp³-hybridized carbons (Fsp3) is 1.00. The zero-order valence-electron chi connectivity index (χ0n) is 5.19. The van der Waals surface area contributed by atoms with E-state index in [9.17, 15) is 0 Å². The van der Waals surface area contributed by atoms with Crippen molar-refractivity contribution in [1.82, 2.24) is 4.72 Å². The summed E-state index contributed by atoms with van der Waals surface area (Å²) in [5.74, 6) is 0. The van der Waals surface area contributed by atoms with Crippen molar-refractivity contribution in [2.75, 3.05) is 7.05 Å². The van der Waals surface area contributed by atoms with Crippen LogP contribution in [-0.4, -0.2) is 12.3 Å². The maximum atomic E-state index is 3.04. The minimum atomic E-state index is 0.755. The lowest BCUT2D eigenvalue weighted by Crippen LogP contribution is -2.01. The average Bonchev–Trinajstić information content (AvgIpc) is 1.68. The summed E-state index contributed by atoms with van der Waals surface area (Å²) in [7, 11) is 1.96. The largest absolute Gasteiger partial charge is 0.267 e. The van der Waals surface area contributed by atoms with Crippen LogP contribution in [0, 0.1) is 0 Å². The van der Waals surface area contributed by atoms with Gasteiger partial charge in [-0.05, 0) is 13.5 Å². The Bertz CT molecular complexity index is 39.1. The zero-order valence-corrected chi connectivity index (χ0v) is 6.01. The highest BCUT2D eigenvalue weighted by Gasteiger charge is 1.92. The highest BCUT2D eigenvalue weighted by molar-refractivity contribution is 7.97. The molecule has 0 aromatic heterocycles. The Morgan fingerprint density at radius 1 is 1.71 bits per heavy atom. The maximum Gasteiger partial charge on any atom is 0.0161 e. The molecule has 0 saturated carbocycles. The molecule has 0 bridgehead atoms. The first-order chi connectivity index (χ1) is 3.31. The normalized spacial score (nSPS) is 14.1. The maximum absolute atomic E-state index is 3.04. The lowest BCUT2D eigenvalue weighted by Gasteiger charge is -2.03. The second kappa shape index (κ2) is 4.47. The van der Waals surface area contributed by atoms with Crippen LogP contribution in [0.3, 0.4) is 0 Å². The summed E-state index contributed by atoms with van der Waals surface area (Å²) in [6, 6.07) is 0. The van der Waals surface area contributed by atoms with E-state index in [-0.39, 0.29) is 0 Å². The average molecular weight is 119 g/mol. The Hall–Kier alpha value is 0.310. The highest BCUT2D eigenvalue weighted by atomic mass is 32.2. The van der Waals surface area contributed by atoms with Gasteiger partial charge < -0.3 is 0 Å². The molecule has 0 aromatic rings. The summed E-state index contributed by atoms with van der Waals surface area (Å²) in [5, 5.41) is 0.755. The Morgan fingerprint density at radius 2 is 2.29 bits per heavy atom. The van der Waals surface area contributed by atoms with Gasteiger partial charge in [-0.15, -0.1) is 0 Å². The van der Waals surface area contributed by atoms with Crippen molar-refractivity contribution in [3.8, 4) is 0 Å². The van der Waals surface area contributed by atoms with E-state index in [1.807, 2.05) is 7.05 Å². The summed E-state index contributed by atoms with van der Waals surface area (Å²) in [6.07, 6.45) is 1.24. The molecule has 2 heteroatoms.